The highest BCUT2D eigenvalue weighted by Gasteiger charge is 2.10. The zero-order valence-corrected chi connectivity index (χ0v) is 9.17. The van der Waals surface area contributed by atoms with Crippen molar-refractivity contribution in [3.8, 4) is 0 Å². The van der Waals surface area contributed by atoms with Gasteiger partial charge in [0.05, 0.1) is 6.61 Å². The van der Waals surface area contributed by atoms with Crippen LogP contribution in [0.25, 0.3) is 0 Å². The largest absolute Gasteiger partial charge is 0.380 e. The Balaban J connectivity index is 2.08. The first-order valence-corrected chi connectivity index (χ1v) is 4.92. The molecular formula is C10H11N5O2. The summed E-state index contributed by atoms with van der Waals surface area (Å²) in [6.45, 7) is 0.492. The Morgan fingerprint density at radius 2 is 2.41 bits per heavy atom. The zero-order valence-electron chi connectivity index (χ0n) is 9.17. The molecule has 2 aromatic rings. The van der Waals surface area contributed by atoms with E-state index < -0.39 is 5.91 Å². The van der Waals surface area contributed by atoms with Crippen molar-refractivity contribution >= 4 is 11.6 Å². The molecule has 88 valence electrons. The van der Waals surface area contributed by atoms with Gasteiger partial charge in [-0.25, -0.2) is 0 Å². The van der Waals surface area contributed by atoms with E-state index >= 15 is 0 Å². The van der Waals surface area contributed by atoms with Gasteiger partial charge in [-0.05, 0) is 22.9 Å². The lowest BCUT2D eigenvalue weighted by molar-refractivity contribution is 0.101. The molecule has 7 heteroatoms. The highest BCUT2D eigenvalue weighted by atomic mass is 16.5. The molecule has 0 aliphatic rings. The maximum atomic E-state index is 11.6. The molecule has 0 aliphatic carbocycles. The first-order chi connectivity index (χ1) is 8.29. The van der Waals surface area contributed by atoms with Crippen molar-refractivity contribution in [2.24, 2.45) is 0 Å². The van der Waals surface area contributed by atoms with Gasteiger partial charge >= 0.3 is 0 Å². The zero-order chi connectivity index (χ0) is 12.1. The van der Waals surface area contributed by atoms with Gasteiger partial charge in [0.2, 0.25) is 0 Å². The van der Waals surface area contributed by atoms with Crippen molar-refractivity contribution in [3.05, 3.63) is 35.7 Å². The summed E-state index contributed by atoms with van der Waals surface area (Å²) in [6.07, 6.45) is 0. The highest BCUT2D eigenvalue weighted by Crippen LogP contribution is 2.11. The molecule has 17 heavy (non-hydrogen) atoms. The Bertz CT molecular complexity index is 497. The third-order valence-electron chi connectivity index (χ3n) is 2.04. The van der Waals surface area contributed by atoms with Crippen LogP contribution in [0.2, 0.25) is 0 Å². The van der Waals surface area contributed by atoms with Crippen LogP contribution in [0.15, 0.2) is 24.3 Å². The molecule has 2 rings (SSSR count). The second kappa shape index (κ2) is 5.17. The number of anilines is 1. The van der Waals surface area contributed by atoms with Gasteiger partial charge in [-0.1, -0.05) is 12.1 Å². The second-order valence-electron chi connectivity index (χ2n) is 3.32. The van der Waals surface area contributed by atoms with E-state index in [1.54, 1.807) is 13.2 Å². The number of rotatable bonds is 4. The fourth-order valence-electron chi connectivity index (χ4n) is 1.35. The van der Waals surface area contributed by atoms with Crippen molar-refractivity contribution in [2.45, 2.75) is 6.61 Å². The minimum atomic E-state index is -0.409. The van der Waals surface area contributed by atoms with Crippen LogP contribution in [-0.4, -0.2) is 33.6 Å². The summed E-state index contributed by atoms with van der Waals surface area (Å²) in [6, 6.07) is 7.34. The maximum absolute atomic E-state index is 11.6. The number of amides is 1. The molecule has 0 aliphatic heterocycles. The Labute approximate surface area is 97.2 Å². The van der Waals surface area contributed by atoms with Crippen molar-refractivity contribution in [1.29, 1.82) is 0 Å². The number of hydrogen-bond donors (Lipinski definition) is 2. The van der Waals surface area contributed by atoms with E-state index in [-0.39, 0.29) is 5.82 Å². The van der Waals surface area contributed by atoms with Crippen molar-refractivity contribution in [2.75, 3.05) is 12.4 Å². The molecule has 0 spiro atoms. The van der Waals surface area contributed by atoms with Crippen molar-refractivity contribution in [3.63, 3.8) is 0 Å². The number of aromatic amines is 1. The normalized spacial score (nSPS) is 10.2. The lowest BCUT2D eigenvalue weighted by atomic mass is 10.2. The standard InChI is InChI=1S/C10H11N5O2/c1-17-6-7-3-2-4-8(5-7)11-10(16)9-12-14-15-13-9/h2-5H,6H2,1H3,(H,11,16)(H,12,13,14,15). The summed E-state index contributed by atoms with van der Waals surface area (Å²) in [5.41, 5.74) is 1.63. The fraction of sp³-hybridized carbons (Fsp3) is 0.200. The Hall–Kier alpha value is -2.28. The lowest BCUT2D eigenvalue weighted by Gasteiger charge is -2.04. The number of H-pyrrole nitrogens is 1. The van der Waals surface area contributed by atoms with Gasteiger partial charge in [0.15, 0.2) is 0 Å². The van der Waals surface area contributed by atoms with Crippen LogP contribution in [0.1, 0.15) is 16.2 Å². The number of carbonyl (C=O) groups excluding carboxylic acids is 1. The van der Waals surface area contributed by atoms with Gasteiger partial charge in [0.25, 0.3) is 11.7 Å². The van der Waals surface area contributed by atoms with Gasteiger partial charge < -0.3 is 10.1 Å². The van der Waals surface area contributed by atoms with Gasteiger partial charge in [-0.15, -0.1) is 10.2 Å². The summed E-state index contributed by atoms with van der Waals surface area (Å²) in [5, 5.41) is 15.4. The smallest absolute Gasteiger partial charge is 0.297 e. The first-order valence-electron chi connectivity index (χ1n) is 4.92. The molecule has 1 amide bonds. The second-order valence-corrected chi connectivity index (χ2v) is 3.32. The van der Waals surface area contributed by atoms with Crippen LogP contribution in [0, 0.1) is 0 Å². The van der Waals surface area contributed by atoms with Crippen LogP contribution in [0.5, 0.6) is 0 Å². The number of benzene rings is 1. The topological polar surface area (TPSA) is 92.8 Å². The highest BCUT2D eigenvalue weighted by molar-refractivity contribution is 6.01. The summed E-state index contributed by atoms with van der Waals surface area (Å²) < 4.78 is 5.01. The molecule has 0 saturated carbocycles. The molecule has 0 bridgehead atoms. The third kappa shape index (κ3) is 2.85. The van der Waals surface area contributed by atoms with E-state index in [0.717, 1.165) is 5.56 Å². The Kier molecular flexibility index (Phi) is 3.41. The quantitative estimate of drug-likeness (QED) is 0.806. The van der Waals surface area contributed by atoms with Gasteiger partial charge in [-0.2, -0.15) is 5.21 Å². The number of tetrazole rings is 1. The van der Waals surface area contributed by atoms with Crippen molar-refractivity contribution in [1.82, 2.24) is 20.6 Å². The summed E-state index contributed by atoms with van der Waals surface area (Å²) in [7, 11) is 1.62. The average molecular weight is 233 g/mol. The van der Waals surface area contributed by atoms with E-state index in [1.807, 2.05) is 18.2 Å². The van der Waals surface area contributed by atoms with E-state index in [4.69, 9.17) is 4.74 Å². The molecule has 0 radical (unpaired) electrons. The van der Waals surface area contributed by atoms with Gasteiger partial charge in [0, 0.05) is 12.8 Å². The molecule has 0 fully saturated rings. The van der Waals surface area contributed by atoms with Crippen LogP contribution in [0.3, 0.4) is 0 Å². The fourth-order valence-corrected chi connectivity index (χ4v) is 1.35. The molecule has 1 aromatic carbocycles. The monoisotopic (exact) mass is 233 g/mol. The van der Waals surface area contributed by atoms with E-state index in [2.05, 4.69) is 25.9 Å². The van der Waals surface area contributed by atoms with Crippen LogP contribution < -0.4 is 5.32 Å². The first kappa shape index (κ1) is 11.2. The number of ether oxygens (including phenoxy) is 1. The number of carbonyl (C=O) groups is 1. The minimum Gasteiger partial charge on any atom is -0.380 e. The number of aromatic nitrogens is 4. The van der Waals surface area contributed by atoms with E-state index in [1.165, 1.54) is 0 Å². The Morgan fingerprint density at radius 3 is 3.12 bits per heavy atom. The summed E-state index contributed by atoms with van der Waals surface area (Å²) >= 11 is 0. The molecule has 0 saturated heterocycles. The van der Waals surface area contributed by atoms with Gasteiger partial charge in [-0.3, -0.25) is 4.79 Å². The minimum absolute atomic E-state index is 0.00199. The van der Waals surface area contributed by atoms with E-state index in [0.29, 0.717) is 12.3 Å². The predicted octanol–water partition coefficient (Wildman–Crippen LogP) is 0.598. The van der Waals surface area contributed by atoms with Crippen LogP contribution in [-0.2, 0) is 11.3 Å². The summed E-state index contributed by atoms with van der Waals surface area (Å²) in [4.78, 5) is 11.6. The molecule has 2 N–H and O–H groups in total. The molecule has 1 aromatic heterocycles. The molecule has 1 heterocycles. The number of hydrogen-bond acceptors (Lipinski definition) is 5. The SMILES string of the molecule is COCc1cccc(NC(=O)c2nn[nH]n2)c1. The van der Waals surface area contributed by atoms with Crippen LogP contribution in [0.4, 0.5) is 5.69 Å². The van der Waals surface area contributed by atoms with Crippen molar-refractivity contribution < 1.29 is 9.53 Å². The number of methoxy groups -OCH3 is 1. The third-order valence-corrected chi connectivity index (χ3v) is 2.04. The molecule has 0 unspecified atom stereocenters. The maximum Gasteiger partial charge on any atom is 0.297 e. The average Bonchev–Trinajstić information content (AvgIpc) is 2.83. The molecule has 7 nitrogen and oxygen atoms in total. The molecular weight excluding hydrogens is 222 g/mol. The number of nitrogens with zero attached hydrogens (tertiary/aromatic N) is 3. The van der Waals surface area contributed by atoms with E-state index in [9.17, 15) is 4.79 Å². The van der Waals surface area contributed by atoms with Crippen LogP contribution >= 0.6 is 0 Å². The lowest BCUT2D eigenvalue weighted by Crippen LogP contribution is -2.14. The summed E-state index contributed by atoms with van der Waals surface area (Å²) in [5.74, 6) is -0.407. The molecule has 0 atom stereocenters. The van der Waals surface area contributed by atoms with Gasteiger partial charge in [0.1, 0.15) is 0 Å². The Morgan fingerprint density at radius 1 is 1.53 bits per heavy atom. The predicted molar refractivity (Wildman–Crippen MR) is 59.3 cm³/mol. The number of nitrogens with one attached hydrogen (secondary N) is 2.